The van der Waals surface area contributed by atoms with Gasteiger partial charge >= 0.3 is 0 Å². The summed E-state index contributed by atoms with van der Waals surface area (Å²) in [6.45, 7) is 8.71. The van der Waals surface area contributed by atoms with Crippen LogP contribution in [0.4, 0.5) is 0 Å². The number of carbonyl (C=O) groups is 1. The van der Waals surface area contributed by atoms with Crippen LogP contribution < -0.4 is 4.74 Å². The highest BCUT2D eigenvalue weighted by atomic mass is 32.2. The first-order chi connectivity index (χ1) is 18.6. The lowest BCUT2D eigenvalue weighted by Crippen LogP contribution is -2.48. The number of rotatable bonds is 8. The normalized spacial score (nSPS) is 14.0. The van der Waals surface area contributed by atoms with Crippen molar-refractivity contribution in [1.29, 1.82) is 0 Å². The molecule has 196 valence electrons. The molecule has 0 aliphatic carbocycles. The molecule has 0 saturated carbocycles. The van der Waals surface area contributed by atoms with Crippen LogP contribution in [0.3, 0.4) is 0 Å². The Kier molecular flexibility index (Phi) is 8.10. The Morgan fingerprint density at radius 2 is 1.63 bits per heavy atom. The molecule has 1 amide bonds. The van der Waals surface area contributed by atoms with E-state index >= 15 is 0 Å². The van der Waals surface area contributed by atoms with E-state index in [2.05, 4.69) is 57.8 Å². The maximum Gasteiger partial charge on any atom is 0.253 e. The number of aromatic nitrogens is 3. The van der Waals surface area contributed by atoms with Crippen LogP contribution in [-0.2, 0) is 5.75 Å². The lowest BCUT2D eigenvalue weighted by molar-refractivity contribution is 0.0643. The second-order valence-corrected chi connectivity index (χ2v) is 10.3. The molecule has 1 fully saturated rings. The fraction of sp³-hybridized carbons (Fsp3) is 0.300. The van der Waals surface area contributed by atoms with Crippen molar-refractivity contribution >= 4 is 17.7 Å². The summed E-state index contributed by atoms with van der Waals surface area (Å²) in [5.74, 6) is 2.33. The number of benzene rings is 3. The number of hydrogen-bond donors (Lipinski definition) is 0. The summed E-state index contributed by atoms with van der Waals surface area (Å²) in [4.78, 5) is 17.3. The third-order valence-electron chi connectivity index (χ3n) is 6.94. The monoisotopic (exact) mass is 527 g/mol. The molecule has 1 saturated heterocycles. The van der Waals surface area contributed by atoms with E-state index in [1.54, 1.807) is 18.9 Å². The Morgan fingerprint density at radius 1 is 0.921 bits per heavy atom. The molecule has 0 atom stereocenters. The smallest absolute Gasteiger partial charge is 0.253 e. The summed E-state index contributed by atoms with van der Waals surface area (Å²) < 4.78 is 7.73. The first-order valence-electron chi connectivity index (χ1n) is 13.0. The van der Waals surface area contributed by atoms with Gasteiger partial charge < -0.3 is 14.5 Å². The first-order valence-corrected chi connectivity index (χ1v) is 13.9. The molecule has 7 nitrogen and oxygen atoms in total. The van der Waals surface area contributed by atoms with Gasteiger partial charge in [0.15, 0.2) is 11.0 Å². The lowest BCUT2D eigenvalue weighted by Gasteiger charge is -2.34. The highest BCUT2D eigenvalue weighted by Gasteiger charge is 2.22. The van der Waals surface area contributed by atoms with Gasteiger partial charge in [-0.1, -0.05) is 72.8 Å². The molecule has 1 aromatic heterocycles. The quantitative estimate of drug-likeness (QED) is 0.289. The standard InChI is InChI=1S/C30H33N5O2S/c1-4-33-17-19-34(20-18-33)29(36)25-15-11-23(12-16-25)21-38-30-32-31-28(24-13-9-22(2)10-14-24)35(30)26-7-5-6-8-27(26)37-3/h5-16H,4,17-21H2,1-3H3. The van der Waals surface area contributed by atoms with E-state index in [1.165, 1.54) is 5.56 Å². The van der Waals surface area contributed by atoms with Gasteiger partial charge in [0.25, 0.3) is 5.91 Å². The minimum atomic E-state index is 0.110. The number of para-hydroxylation sites is 2. The van der Waals surface area contributed by atoms with E-state index in [1.807, 2.05) is 53.4 Å². The number of piperazine rings is 1. The SMILES string of the molecule is CCN1CCN(C(=O)c2ccc(CSc3nnc(-c4ccc(C)cc4)n3-c3ccccc3OC)cc2)CC1. The Bertz CT molecular complexity index is 1380. The topological polar surface area (TPSA) is 63.5 Å². The molecule has 0 bridgehead atoms. The Balaban J connectivity index is 1.35. The summed E-state index contributed by atoms with van der Waals surface area (Å²) in [6, 6.07) is 24.1. The maximum atomic E-state index is 13.0. The van der Waals surface area contributed by atoms with E-state index < -0.39 is 0 Å². The number of hydrogen-bond acceptors (Lipinski definition) is 6. The summed E-state index contributed by atoms with van der Waals surface area (Å²) >= 11 is 1.61. The average Bonchev–Trinajstić information content (AvgIpc) is 3.40. The number of aryl methyl sites for hydroxylation is 1. The predicted molar refractivity (Wildman–Crippen MR) is 152 cm³/mol. The molecule has 1 aliphatic rings. The predicted octanol–water partition coefficient (Wildman–Crippen LogP) is 5.32. The van der Waals surface area contributed by atoms with Gasteiger partial charge in [0.2, 0.25) is 0 Å². The van der Waals surface area contributed by atoms with Crippen molar-refractivity contribution in [2.45, 2.75) is 24.8 Å². The minimum absolute atomic E-state index is 0.110. The molecule has 0 N–H and O–H groups in total. The summed E-state index contributed by atoms with van der Waals surface area (Å²) in [5, 5.41) is 9.90. The van der Waals surface area contributed by atoms with Crippen LogP contribution in [0.1, 0.15) is 28.4 Å². The summed E-state index contributed by atoms with van der Waals surface area (Å²) in [5.41, 5.74) is 4.93. The highest BCUT2D eigenvalue weighted by molar-refractivity contribution is 7.98. The zero-order valence-corrected chi connectivity index (χ0v) is 22.9. The first kappa shape index (κ1) is 26.0. The molecule has 8 heteroatoms. The molecule has 4 aromatic rings. The summed E-state index contributed by atoms with van der Waals surface area (Å²) in [6.07, 6.45) is 0. The largest absolute Gasteiger partial charge is 0.495 e. The van der Waals surface area contributed by atoms with Crippen molar-refractivity contribution < 1.29 is 9.53 Å². The molecular weight excluding hydrogens is 494 g/mol. The number of likely N-dealkylation sites (N-methyl/N-ethyl adjacent to an activating group) is 1. The Labute approximate surface area is 228 Å². The van der Waals surface area contributed by atoms with Crippen molar-refractivity contribution in [2.75, 3.05) is 39.8 Å². The number of amides is 1. The van der Waals surface area contributed by atoms with Crippen LogP contribution in [0.25, 0.3) is 17.1 Å². The molecule has 5 rings (SSSR count). The van der Waals surface area contributed by atoms with Gasteiger partial charge in [0, 0.05) is 43.1 Å². The number of carbonyl (C=O) groups excluding carboxylic acids is 1. The zero-order valence-electron chi connectivity index (χ0n) is 22.1. The van der Waals surface area contributed by atoms with Crippen LogP contribution in [0.15, 0.2) is 78.0 Å². The van der Waals surface area contributed by atoms with Crippen molar-refractivity contribution in [3.8, 4) is 22.8 Å². The second kappa shape index (κ2) is 11.8. The number of nitrogens with zero attached hydrogens (tertiary/aromatic N) is 5. The second-order valence-electron chi connectivity index (χ2n) is 9.39. The van der Waals surface area contributed by atoms with Gasteiger partial charge in [-0.15, -0.1) is 10.2 Å². The van der Waals surface area contributed by atoms with Crippen LogP contribution in [-0.4, -0.2) is 70.3 Å². The lowest BCUT2D eigenvalue weighted by atomic mass is 10.1. The minimum Gasteiger partial charge on any atom is -0.495 e. The van der Waals surface area contributed by atoms with Crippen molar-refractivity contribution in [2.24, 2.45) is 0 Å². The Hall–Kier alpha value is -3.62. The van der Waals surface area contributed by atoms with Crippen LogP contribution in [0, 0.1) is 6.92 Å². The average molecular weight is 528 g/mol. The number of ether oxygens (including phenoxy) is 1. The van der Waals surface area contributed by atoms with E-state index in [0.717, 1.165) is 71.8 Å². The fourth-order valence-corrected chi connectivity index (χ4v) is 5.53. The molecular formula is C30H33N5O2S. The van der Waals surface area contributed by atoms with Gasteiger partial charge in [0.1, 0.15) is 5.75 Å². The maximum absolute atomic E-state index is 13.0. The molecule has 38 heavy (non-hydrogen) atoms. The highest BCUT2D eigenvalue weighted by Crippen LogP contribution is 2.33. The number of methoxy groups -OCH3 is 1. The molecule has 2 heterocycles. The van der Waals surface area contributed by atoms with E-state index in [-0.39, 0.29) is 5.91 Å². The molecule has 0 spiro atoms. The van der Waals surface area contributed by atoms with Crippen LogP contribution >= 0.6 is 11.8 Å². The van der Waals surface area contributed by atoms with Crippen molar-refractivity contribution in [1.82, 2.24) is 24.6 Å². The molecule has 1 aliphatic heterocycles. The molecule has 0 radical (unpaired) electrons. The van der Waals surface area contributed by atoms with Gasteiger partial charge in [-0.05, 0) is 43.3 Å². The van der Waals surface area contributed by atoms with Crippen molar-refractivity contribution in [3.63, 3.8) is 0 Å². The zero-order chi connectivity index (χ0) is 26.5. The van der Waals surface area contributed by atoms with Gasteiger partial charge in [-0.25, -0.2) is 0 Å². The van der Waals surface area contributed by atoms with E-state index in [9.17, 15) is 4.79 Å². The number of thioether (sulfide) groups is 1. The summed E-state index contributed by atoms with van der Waals surface area (Å²) in [7, 11) is 1.67. The molecule has 3 aromatic carbocycles. The van der Waals surface area contributed by atoms with E-state index in [0.29, 0.717) is 5.75 Å². The van der Waals surface area contributed by atoms with Gasteiger partial charge in [-0.3, -0.25) is 9.36 Å². The molecule has 0 unspecified atom stereocenters. The van der Waals surface area contributed by atoms with Crippen LogP contribution in [0.5, 0.6) is 5.75 Å². The van der Waals surface area contributed by atoms with Crippen LogP contribution in [0.2, 0.25) is 0 Å². The fourth-order valence-electron chi connectivity index (χ4n) is 4.63. The third kappa shape index (κ3) is 5.61. The third-order valence-corrected chi connectivity index (χ3v) is 7.94. The van der Waals surface area contributed by atoms with Gasteiger partial charge in [-0.2, -0.15) is 0 Å². The van der Waals surface area contributed by atoms with Gasteiger partial charge in [0.05, 0.1) is 12.8 Å². The van der Waals surface area contributed by atoms with E-state index in [4.69, 9.17) is 4.74 Å². The van der Waals surface area contributed by atoms with Crippen molar-refractivity contribution in [3.05, 3.63) is 89.5 Å². The Morgan fingerprint density at radius 3 is 2.32 bits per heavy atom.